The Morgan fingerprint density at radius 3 is 2.41 bits per heavy atom. The van der Waals surface area contributed by atoms with Gasteiger partial charge in [0.15, 0.2) is 11.5 Å². The van der Waals surface area contributed by atoms with Crippen molar-refractivity contribution in [3.8, 4) is 11.5 Å². The Bertz CT molecular complexity index is 988. The van der Waals surface area contributed by atoms with Gasteiger partial charge in [-0.15, -0.1) is 0 Å². The molecule has 3 rings (SSSR count). The van der Waals surface area contributed by atoms with E-state index in [1.165, 1.54) is 29.6 Å². The number of piperazine rings is 1. The lowest BCUT2D eigenvalue weighted by molar-refractivity contribution is 0.0697. The van der Waals surface area contributed by atoms with Crippen LogP contribution in [0.15, 0.2) is 47.4 Å². The van der Waals surface area contributed by atoms with Crippen LogP contribution in [0.3, 0.4) is 0 Å². The monoisotopic (exact) mass is 422 g/mol. The van der Waals surface area contributed by atoms with Crippen LogP contribution >= 0.6 is 0 Å². The summed E-state index contributed by atoms with van der Waals surface area (Å²) in [4.78, 5) is 14.3. The number of carbonyl (C=O) groups excluding carboxylic acids is 1. The number of halogens is 1. The topological polar surface area (TPSA) is 76.2 Å². The minimum Gasteiger partial charge on any atom is -0.493 e. The van der Waals surface area contributed by atoms with E-state index in [0.29, 0.717) is 23.7 Å². The molecule has 0 unspecified atom stereocenters. The van der Waals surface area contributed by atoms with Gasteiger partial charge >= 0.3 is 0 Å². The number of ether oxygens (including phenoxy) is 2. The van der Waals surface area contributed by atoms with Gasteiger partial charge in [-0.3, -0.25) is 4.79 Å². The van der Waals surface area contributed by atoms with E-state index in [1.54, 1.807) is 23.1 Å². The van der Waals surface area contributed by atoms with Gasteiger partial charge in [0, 0.05) is 31.7 Å². The van der Waals surface area contributed by atoms with E-state index in [0.717, 1.165) is 6.07 Å². The Kier molecular flexibility index (Phi) is 6.39. The highest BCUT2D eigenvalue weighted by Gasteiger charge is 2.30. The molecule has 7 nitrogen and oxygen atoms in total. The number of amides is 1. The molecule has 0 saturated carbocycles. The van der Waals surface area contributed by atoms with Gasteiger partial charge in [-0.25, -0.2) is 12.8 Å². The van der Waals surface area contributed by atoms with Crippen molar-refractivity contribution in [3.63, 3.8) is 0 Å². The SMILES string of the molecule is CCOc1ccc(C(=O)N2CCN(S(=O)(=O)c3cccc(F)c3)CC2)cc1OC. The lowest BCUT2D eigenvalue weighted by atomic mass is 10.1. The van der Waals surface area contributed by atoms with Gasteiger partial charge in [0.05, 0.1) is 18.6 Å². The molecule has 0 atom stereocenters. The maximum absolute atomic E-state index is 13.4. The van der Waals surface area contributed by atoms with Crippen LogP contribution in [-0.4, -0.2) is 63.4 Å². The number of methoxy groups -OCH3 is 1. The number of hydrogen-bond acceptors (Lipinski definition) is 5. The molecule has 1 aliphatic rings. The molecule has 156 valence electrons. The Morgan fingerprint density at radius 1 is 1.07 bits per heavy atom. The van der Waals surface area contributed by atoms with E-state index in [1.807, 2.05) is 6.92 Å². The summed E-state index contributed by atoms with van der Waals surface area (Å²) < 4.78 is 50.8. The molecule has 0 N–H and O–H groups in total. The molecule has 9 heteroatoms. The zero-order chi connectivity index (χ0) is 21.0. The summed E-state index contributed by atoms with van der Waals surface area (Å²) in [6.45, 7) is 3.09. The fourth-order valence-electron chi connectivity index (χ4n) is 3.17. The summed E-state index contributed by atoms with van der Waals surface area (Å²) in [7, 11) is -2.30. The minimum absolute atomic E-state index is 0.0893. The molecule has 1 aliphatic heterocycles. The predicted octanol–water partition coefficient (Wildman–Crippen LogP) is 2.38. The van der Waals surface area contributed by atoms with Crippen molar-refractivity contribution >= 4 is 15.9 Å². The molecule has 2 aromatic rings. The maximum Gasteiger partial charge on any atom is 0.254 e. The molecule has 0 bridgehead atoms. The molecule has 1 saturated heterocycles. The Morgan fingerprint density at radius 2 is 1.79 bits per heavy atom. The smallest absolute Gasteiger partial charge is 0.254 e. The Hall–Kier alpha value is -2.65. The zero-order valence-electron chi connectivity index (χ0n) is 16.3. The van der Waals surface area contributed by atoms with E-state index in [4.69, 9.17) is 9.47 Å². The van der Waals surface area contributed by atoms with Crippen molar-refractivity contribution in [1.29, 1.82) is 0 Å². The van der Waals surface area contributed by atoms with Crippen molar-refractivity contribution in [2.45, 2.75) is 11.8 Å². The van der Waals surface area contributed by atoms with Gasteiger partial charge in [-0.05, 0) is 43.3 Å². The summed E-state index contributed by atoms with van der Waals surface area (Å²) in [6.07, 6.45) is 0. The maximum atomic E-state index is 13.4. The van der Waals surface area contributed by atoms with E-state index in [-0.39, 0.29) is 37.0 Å². The van der Waals surface area contributed by atoms with Crippen LogP contribution in [0, 0.1) is 5.82 Å². The molecule has 1 fully saturated rings. The number of carbonyl (C=O) groups is 1. The molecule has 0 aromatic heterocycles. The average molecular weight is 422 g/mol. The molecule has 1 heterocycles. The first-order chi connectivity index (χ1) is 13.9. The van der Waals surface area contributed by atoms with Gasteiger partial charge < -0.3 is 14.4 Å². The third-order valence-corrected chi connectivity index (χ3v) is 6.56. The van der Waals surface area contributed by atoms with Crippen molar-refractivity contribution in [2.24, 2.45) is 0 Å². The van der Waals surface area contributed by atoms with Crippen LogP contribution in [0.25, 0.3) is 0 Å². The minimum atomic E-state index is -3.80. The van der Waals surface area contributed by atoms with Gasteiger partial charge in [0.25, 0.3) is 5.91 Å². The van der Waals surface area contributed by atoms with Crippen molar-refractivity contribution in [2.75, 3.05) is 39.9 Å². The highest BCUT2D eigenvalue weighted by Crippen LogP contribution is 2.29. The summed E-state index contributed by atoms with van der Waals surface area (Å²) in [5.41, 5.74) is 0.437. The fraction of sp³-hybridized carbons (Fsp3) is 0.350. The van der Waals surface area contributed by atoms with Crippen LogP contribution in [0.2, 0.25) is 0 Å². The first-order valence-corrected chi connectivity index (χ1v) is 10.7. The van der Waals surface area contributed by atoms with E-state index < -0.39 is 15.8 Å². The highest BCUT2D eigenvalue weighted by atomic mass is 32.2. The molecular formula is C20H23FN2O5S. The standard InChI is InChI=1S/C20H23FN2O5S/c1-3-28-18-8-7-15(13-19(18)27-2)20(24)22-9-11-23(12-10-22)29(25,26)17-6-4-5-16(21)14-17/h4-8,13-14H,3,9-12H2,1-2H3. The first kappa shape index (κ1) is 21.1. The average Bonchev–Trinajstić information content (AvgIpc) is 2.74. The molecule has 0 aliphatic carbocycles. The summed E-state index contributed by atoms with van der Waals surface area (Å²) in [6, 6.07) is 9.87. The van der Waals surface area contributed by atoms with E-state index in [9.17, 15) is 17.6 Å². The number of nitrogens with zero attached hydrogens (tertiary/aromatic N) is 2. The van der Waals surface area contributed by atoms with Gasteiger partial charge in [0.1, 0.15) is 5.82 Å². The normalized spacial score (nSPS) is 15.2. The van der Waals surface area contributed by atoms with Gasteiger partial charge in [-0.1, -0.05) is 6.07 Å². The molecular weight excluding hydrogens is 399 g/mol. The largest absolute Gasteiger partial charge is 0.493 e. The lowest BCUT2D eigenvalue weighted by Crippen LogP contribution is -2.50. The number of benzene rings is 2. The molecule has 29 heavy (non-hydrogen) atoms. The molecule has 1 amide bonds. The van der Waals surface area contributed by atoms with Crippen LogP contribution in [-0.2, 0) is 10.0 Å². The van der Waals surface area contributed by atoms with Crippen molar-refractivity contribution < 1.29 is 27.1 Å². The molecule has 0 spiro atoms. The summed E-state index contributed by atoms with van der Waals surface area (Å²) >= 11 is 0. The van der Waals surface area contributed by atoms with Crippen LogP contribution < -0.4 is 9.47 Å². The Labute approximate surface area is 169 Å². The quantitative estimate of drug-likeness (QED) is 0.715. The first-order valence-electron chi connectivity index (χ1n) is 9.22. The fourth-order valence-corrected chi connectivity index (χ4v) is 4.62. The lowest BCUT2D eigenvalue weighted by Gasteiger charge is -2.34. The predicted molar refractivity (Wildman–Crippen MR) is 105 cm³/mol. The van der Waals surface area contributed by atoms with Crippen LogP contribution in [0.4, 0.5) is 4.39 Å². The third kappa shape index (κ3) is 4.51. The Balaban J connectivity index is 1.70. The van der Waals surface area contributed by atoms with Crippen LogP contribution in [0.1, 0.15) is 17.3 Å². The van der Waals surface area contributed by atoms with Crippen LogP contribution in [0.5, 0.6) is 11.5 Å². The number of rotatable bonds is 6. The summed E-state index contributed by atoms with van der Waals surface area (Å²) in [5, 5.41) is 0. The molecule has 0 radical (unpaired) electrons. The van der Waals surface area contributed by atoms with Gasteiger partial charge in [-0.2, -0.15) is 4.31 Å². The van der Waals surface area contributed by atoms with Crippen molar-refractivity contribution in [3.05, 3.63) is 53.8 Å². The van der Waals surface area contributed by atoms with Gasteiger partial charge in [0.2, 0.25) is 10.0 Å². The zero-order valence-corrected chi connectivity index (χ0v) is 17.1. The second-order valence-electron chi connectivity index (χ2n) is 6.45. The number of sulfonamides is 1. The van der Waals surface area contributed by atoms with E-state index >= 15 is 0 Å². The van der Waals surface area contributed by atoms with Crippen molar-refractivity contribution in [1.82, 2.24) is 9.21 Å². The second kappa shape index (κ2) is 8.79. The summed E-state index contributed by atoms with van der Waals surface area (Å²) in [5.74, 6) is 0.195. The van der Waals surface area contributed by atoms with E-state index in [2.05, 4.69) is 0 Å². The highest BCUT2D eigenvalue weighted by molar-refractivity contribution is 7.89. The number of hydrogen-bond donors (Lipinski definition) is 0. The second-order valence-corrected chi connectivity index (χ2v) is 8.39. The molecule has 2 aromatic carbocycles. The third-order valence-electron chi connectivity index (χ3n) is 4.67.